The Morgan fingerprint density at radius 2 is 2.35 bits per heavy atom. The minimum atomic E-state index is 0.308. The van der Waals surface area contributed by atoms with Crippen molar-refractivity contribution >= 4 is 15.9 Å². The van der Waals surface area contributed by atoms with Crippen LogP contribution in [0.3, 0.4) is 0 Å². The summed E-state index contributed by atoms with van der Waals surface area (Å²) in [5, 5.41) is 0. The second kappa shape index (κ2) is 5.55. The molecule has 0 aromatic carbocycles. The molecule has 2 heterocycles. The highest BCUT2D eigenvalue weighted by Gasteiger charge is 2.30. The molecule has 3 unspecified atom stereocenters. The Morgan fingerprint density at radius 1 is 1.59 bits per heavy atom. The van der Waals surface area contributed by atoms with Gasteiger partial charge in [-0.1, -0.05) is 6.92 Å². The monoisotopic (exact) mass is 300 g/mol. The lowest BCUT2D eigenvalue weighted by atomic mass is 9.91. The highest BCUT2D eigenvalue weighted by Crippen LogP contribution is 2.31. The topological polar surface area (TPSA) is 42.4 Å². The van der Waals surface area contributed by atoms with E-state index in [1.807, 2.05) is 12.1 Å². The minimum Gasteiger partial charge on any atom is -0.453 e. The highest BCUT2D eigenvalue weighted by atomic mass is 79.9. The summed E-state index contributed by atoms with van der Waals surface area (Å²) in [7, 11) is 0. The zero-order chi connectivity index (χ0) is 12.4. The van der Waals surface area contributed by atoms with E-state index < -0.39 is 0 Å². The Bertz CT molecular complexity index is 366. The van der Waals surface area contributed by atoms with Crippen molar-refractivity contribution in [3.05, 3.63) is 22.6 Å². The van der Waals surface area contributed by atoms with Gasteiger partial charge in [-0.15, -0.1) is 0 Å². The average molecular weight is 301 g/mol. The highest BCUT2D eigenvalue weighted by molar-refractivity contribution is 9.10. The summed E-state index contributed by atoms with van der Waals surface area (Å²) in [4.78, 5) is 2.48. The van der Waals surface area contributed by atoms with Crippen LogP contribution in [0.25, 0.3) is 0 Å². The minimum absolute atomic E-state index is 0.308. The fraction of sp³-hybridized carbons (Fsp3) is 0.692. The number of hydrogen-bond acceptors (Lipinski definition) is 3. The molecular weight excluding hydrogens is 280 g/mol. The standard InChI is InChI=1S/C13H21BrN2O/c1-9-5-6-16(11(7-9)8-15)10(2)12-3-4-13(14)17-12/h3-4,9-11H,5-8,15H2,1-2H3. The van der Waals surface area contributed by atoms with Crippen LogP contribution < -0.4 is 5.73 Å². The molecule has 0 amide bonds. The number of furan rings is 1. The van der Waals surface area contributed by atoms with Gasteiger partial charge in [0.2, 0.25) is 0 Å². The van der Waals surface area contributed by atoms with Gasteiger partial charge < -0.3 is 10.2 Å². The van der Waals surface area contributed by atoms with Crippen molar-refractivity contribution in [1.29, 1.82) is 0 Å². The molecule has 1 fully saturated rings. The Hall–Kier alpha value is -0.320. The van der Waals surface area contributed by atoms with Gasteiger partial charge >= 0.3 is 0 Å². The largest absolute Gasteiger partial charge is 0.453 e. The normalized spacial score (nSPS) is 28.2. The van der Waals surface area contributed by atoms with Crippen molar-refractivity contribution in [2.75, 3.05) is 13.1 Å². The molecule has 1 aliphatic rings. The first-order chi connectivity index (χ1) is 8.11. The molecule has 0 saturated carbocycles. The molecule has 3 nitrogen and oxygen atoms in total. The van der Waals surface area contributed by atoms with Gasteiger partial charge in [-0.25, -0.2) is 0 Å². The summed E-state index contributed by atoms with van der Waals surface area (Å²) in [5.41, 5.74) is 5.90. The summed E-state index contributed by atoms with van der Waals surface area (Å²) >= 11 is 3.36. The van der Waals surface area contributed by atoms with Gasteiger partial charge in [0.25, 0.3) is 0 Å². The fourth-order valence-corrected chi connectivity index (χ4v) is 3.05. The summed E-state index contributed by atoms with van der Waals surface area (Å²) in [6.07, 6.45) is 2.45. The molecule has 3 atom stereocenters. The first-order valence-corrected chi connectivity index (χ1v) is 7.12. The second-order valence-electron chi connectivity index (χ2n) is 5.07. The van der Waals surface area contributed by atoms with Crippen LogP contribution in [-0.4, -0.2) is 24.0 Å². The average Bonchev–Trinajstić information content (AvgIpc) is 2.75. The number of likely N-dealkylation sites (tertiary alicyclic amines) is 1. The fourth-order valence-electron chi connectivity index (χ4n) is 2.73. The molecule has 2 rings (SSSR count). The number of nitrogens with two attached hydrogens (primary N) is 1. The van der Waals surface area contributed by atoms with Crippen molar-refractivity contribution in [3.8, 4) is 0 Å². The van der Waals surface area contributed by atoms with E-state index in [1.54, 1.807) is 0 Å². The van der Waals surface area contributed by atoms with E-state index in [2.05, 4.69) is 34.7 Å². The number of piperidine rings is 1. The van der Waals surface area contributed by atoms with Crippen molar-refractivity contribution < 1.29 is 4.42 Å². The maximum atomic E-state index is 5.90. The number of hydrogen-bond donors (Lipinski definition) is 1. The summed E-state index contributed by atoms with van der Waals surface area (Å²) < 4.78 is 6.45. The van der Waals surface area contributed by atoms with Gasteiger partial charge in [0.05, 0.1) is 6.04 Å². The Balaban J connectivity index is 2.09. The van der Waals surface area contributed by atoms with E-state index in [1.165, 1.54) is 12.8 Å². The number of rotatable bonds is 3. The molecule has 2 N–H and O–H groups in total. The molecule has 0 radical (unpaired) electrons. The molecule has 1 aromatic rings. The van der Waals surface area contributed by atoms with Gasteiger partial charge in [-0.05, 0) is 60.3 Å². The third kappa shape index (κ3) is 2.92. The van der Waals surface area contributed by atoms with E-state index in [4.69, 9.17) is 10.2 Å². The third-order valence-electron chi connectivity index (χ3n) is 3.80. The van der Waals surface area contributed by atoms with Crippen LogP contribution in [0.1, 0.15) is 38.5 Å². The summed E-state index contributed by atoms with van der Waals surface area (Å²) in [5.74, 6) is 1.81. The van der Waals surface area contributed by atoms with Gasteiger partial charge in [-0.3, -0.25) is 4.90 Å². The van der Waals surface area contributed by atoms with Crippen LogP contribution in [0.15, 0.2) is 21.2 Å². The predicted molar refractivity (Wildman–Crippen MR) is 72.8 cm³/mol. The van der Waals surface area contributed by atoms with E-state index in [0.717, 1.165) is 29.4 Å². The van der Waals surface area contributed by atoms with Crippen LogP contribution in [0.2, 0.25) is 0 Å². The first kappa shape index (κ1) is 13.1. The smallest absolute Gasteiger partial charge is 0.169 e. The molecular formula is C13H21BrN2O. The van der Waals surface area contributed by atoms with Crippen molar-refractivity contribution in [2.45, 2.75) is 38.8 Å². The van der Waals surface area contributed by atoms with E-state index in [9.17, 15) is 0 Å². The number of nitrogens with zero attached hydrogens (tertiary/aromatic N) is 1. The molecule has 1 saturated heterocycles. The van der Waals surface area contributed by atoms with Gasteiger partial charge in [-0.2, -0.15) is 0 Å². The van der Waals surface area contributed by atoms with E-state index >= 15 is 0 Å². The van der Waals surface area contributed by atoms with Crippen molar-refractivity contribution in [2.24, 2.45) is 11.7 Å². The lowest BCUT2D eigenvalue weighted by Crippen LogP contribution is -2.47. The molecule has 0 aliphatic carbocycles. The second-order valence-corrected chi connectivity index (χ2v) is 5.86. The summed E-state index contributed by atoms with van der Waals surface area (Å²) in [6.45, 7) is 6.36. The SMILES string of the molecule is CC1CCN(C(C)c2ccc(Br)o2)C(CN)C1. The lowest BCUT2D eigenvalue weighted by Gasteiger charge is -2.41. The van der Waals surface area contributed by atoms with Gasteiger partial charge in [0, 0.05) is 12.6 Å². The van der Waals surface area contributed by atoms with Crippen LogP contribution in [0.4, 0.5) is 0 Å². The molecule has 96 valence electrons. The van der Waals surface area contributed by atoms with Gasteiger partial charge in [0.15, 0.2) is 4.67 Å². The maximum Gasteiger partial charge on any atom is 0.169 e. The third-order valence-corrected chi connectivity index (χ3v) is 4.23. The molecule has 1 aromatic heterocycles. The van der Waals surface area contributed by atoms with Crippen molar-refractivity contribution in [1.82, 2.24) is 4.90 Å². The van der Waals surface area contributed by atoms with E-state index in [-0.39, 0.29) is 0 Å². The number of halogens is 1. The maximum absolute atomic E-state index is 5.90. The van der Waals surface area contributed by atoms with E-state index in [0.29, 0.717) is 12.1 Å². The Kier molecular flexibility index (Phi) is 4.28. The predicted octanol–water partition coefficient (Wildman–Crippen LogP) is 3.16. The molecule has 0 bridgehead atoms. The molecule has 4 heteroatoms. The van der Waals surface area contributed by atoms with Crippen molar-refractivity contribution in [3.63, 3.8) is 0 Å². The summed E-state index contributed by atoms with van der Waals surface area (Å²) in [6, 6.07) is 4.79. The van der Waals surface area contributed by atoms with Crippen LogP contribution >= 0.6 is 15.9 Å². The lowest BCUT2D eigenvalue weighted by molar-refractivity contribution is 0.0731. The zero-order valence-electron chi connectivity index (χ0n) is 10.5. The molecule has 17 heavy (non-hydrogen) atoms. The zero-order valence-corrected chi connectivity index (χ0v) is 12.1. The van der Waals surface area contributed by atoms with Crippen LogP contribution in [0, 0.1) is 5.92 Å². The first-order valence-electron chi connectivity index (χ1n) is 6.33. The molecule has 0 spiro atoms. The molecule has 1 aliphatic heterocycles. The van der Waals surface area contributed by atoms with Crippen LogP contribution in [-0.2, 0) is 0 Å². The quantitative estimate of drug-likeness (QED) is 0.932. The Labute approximate surface area is 111 Å². The Morgan fingerprint density at radius 3 is 2.94 bits per heavy atom. The van der Waals surface area contributed by atoms with Gasteiger partial charge in [0.1, 0.15) is 5.76 Å². The van der Waals surface area contributed by atoms with Crippen LogP contribution in [0.5, 0.6) is 0 Å².